The first-order valence-corrected chi connectivity index (χ1v) is 10.7. The zero-order valence-electron chi connectivity index (χ0n) is 17.3. The Bertz CT molecular complexity index is 1010. The second kappa shape index (κ2) is 9.48. The second-order valence-electron chi connectivity index (χ2n) is 7.84. The summed E-state index contributed by atoms with van der Waals surface area (Å²) in [5.74, 6) is -0.814. The van der Waals surface area contributed by atoms with Crippen LogP contribution in [0.2, 0.25) is 0 Å². The summed E-state index contributed by atoms with van der Waals surface area (Å²) in [5, 5.41) is 21.9. The fraction of sp³-hybridized carbons (Fsp3) is 0.364. The fourth-order valence-electron chi connectivity index (χ4n) is 3.54. The average Bonchev–Trinajstić information content (AvgIpc) is 2.74. The van der Waals surface area contributed by atoms with Crippen molar-refractivity contribution in [2.75, 3.05) is 42.9 Å². The van der Waals surface area contributed by atoms with E-state index in [1.165, 1.54) is 19.1 Å². The van der Waals surface area contributed by atoms with Crippen LogP contribution in [0.25, 0.3) is 0 Å². The number of aliphatic hydroxyl groups is 1. The zero-order valence-corrected chi connectivity index (χ0v) is 18.9. The highest BCUT2D eigenvalue weighted by Gasteiger charge is 2.36. The standard InChI is InChI=1S/C22H22BrF3N4O2/c1-21(32,14-29-8-10-30(11-9-29)18-6-3-16(23)4-7-18)20(31)28-17-5-2-15(13-27)19(12-17)22(24,25)26/h2-7,12,32H,8-11,14H2,1H3,(H,28,31)/t21-/m0/s1. The molecule has 0 saturated carbocycles. The molecule has 1 saturated heterocycles. The van der Waals surface area contributed by atoms with Crippen molar-refractivity contribution in [3.05, 3.63) is 58.1 Å². The lowest BCUT2D eigenvalue weighted by atomic mass is 10.0. The summed E-state index contributed by atoms with van der Waals surface area (Å²) in [6.07, 6.45) is -4.73. The van der Waals surface area contributed by atoms with E-state index in [1.54, 1.807) is 0 Å². The number of anilines is 2. The van der Waals surface area contributed by atoms with Crippen LogP contribution < -0.4 is 10.2 Å². The summed E-state index contributed by atoms with van der Waals surface area (Å²) in [6.45, 7) is 4.03. The van der Waals surface area contributed by atoms with E-state index >= 15 is 0 Å². The molecule has 1 heterocycles. The summed E-state index contributed by atoms with van der Waals surface area (Å²) >= 11 is 3.41. The fourth-order valence-corrected chi connectivity index (χ4v) is 3.81. The van der Waals surface area contributed by atoms with Crippen LogP contribution in [0.15, 0.2) is 46.9 Å². The first kappa shape index (κ1) is 24.0. The van der Waals surface area contributed by atoms with Crippen LogP contribution >= 0.6 is 15.9 Å². The molecule has 2 N–H and O–H groups in total. The van der Waals surface area contributed by atoms with Crippen molar-refractivity contribution < 1.29 is 23.1 Å². The van der Waals surface area contributed by atoms with Gasteiger partial charge in [-0.25, -0.2) is 0 Å². The number of benzene rings is 2. The van der Waals surface area contributed by atoms with Crippen molar-refractivity contribution in [1.82, 2.24) is 4.90 Å². The van der Waals surface area contributed by atoms with E-state index in [9.17, 15) is 23.1 Å². The molecule has 3 rings (SSSR count). The monoisotopic (exact) mass is 510 g/mol. The first-order valence-electron chi connectivity index (χ1n) is 9.87. The van der Waals surface area contributed by atoms with Crippen molar-refractivity contribution in [2.45, 2.75) is 18.7 Å². The Labute approximate surface area is 192 Å². The van der Waals surface area contributed by atoms with Gasteiger partial charge in [0.2, 0.25) is 0 Å². The smallest absolute Gasteiger partial charge is 0.379 e. The summed E-state index contributed by atoms with van der Waals surface area (Å²) in [5.41, 5.74) is -2.54. The highest BCUT2D eigenvalue weighted by molar-refractivity contribution is 9.10. The molecule has 2 aromatic carbocycles. The number of alkyl halides is 3. The molecule has 1 amide bonds. The molecule has 1 fully saturated rings. The van der Waals surface area contributed by atoms with Gasteiger partial charge in [-0.2, -0.15) is 18.4 Å². The van der Waals surface area contributed by atoms with Crippen molar-refractivity contribution >= 4 is 33.2 Å². The van der Waals surface area contributed by atoms with Gasteiger partial charge in [0.05, 0.1) is 17.2 Å². The largest absolute Gasteiger partial charge is 0.417 e. The Kier molecular flexibility index (Phi) is 7.12. The minimum absolute atomic E-state index is 0.0371. The molecule has 0 radical (unpaired) electrons. The molecular formula is C22H22BrF3N4O2. The molecule has 0 aliphatic carbocycles. The number of nitriles is 1. The van der Waals surface area contributed by atoms with Crippen molar-refractivity contribution in [2.24, 2.45) is 0 Å². The molecule has 32 heavy (non-hydrogen) atoms. The van der Waals surface area contributed by atoms with Crippen LogP contribution in [0.3, 0.4) is 0 Å². The predicted molar refractivity (Wildman–Crippen MR) is 118 cm³/mol. The average molecular weight is 511 g/mol. The van der Waals surface area contributed by atoms with Crippen molar-refractivity contribution in [3.63, 3.8) is 0 Å². The molecule has 10 heteroatoms. The molecule has 2 aromatic rings. The first-order chi connectivity index (χ1) is 15.0. The number of β-amino-alcohol motifs (C(OH)–C–C–N with tert-alkyl or cyclic N) is 1. The molecule has 0 unspecified atom stereocenters. The van der Waals surface area contributed by atoms with Gasteiger partial charge in [-0.05, 0) is 49.4 Å². The van der Waals surface area contributed by atoms with Gasteiger partial charge >= 0.3 is 6.18 Å². The van der Waals surface area contributed by atoms with Crippen LogP contribution in [-0.4, -0.2) is 54.2 Å². The van der Waals surface area contributed by atoms with Gasteiger partial charge in [0.15, 0.2) is 5.60 Å². The Morgan fingerprint density at radius 2 is 1.78 bits per heavy atom. The van der Waals surface area contributed by atoms with E-state index in [0.717, 1.165) is 16.2 Å². The maximum Gasteiger partial charge on any atom is 0.417 e. The predicted octanol–water partition coefficient (Wildman–Crippen LogP) is 3.85. The molecule has 6 nitrogen and oxygen atoms in total. The van der Waals surface area contributed by atoms with Gasteiger partial charge in [0, 0.05) is 48.6 Å². The third-order valence-corrected chi connectivity index (χ3v) is 5.82. The Morgan fingerprint density at radius 1 is 1.16 bits per heavy atom. The number of rotatable bonds is 5. The lowest BCUT2D eigenvalue weighted by Gasteiger charge is -2.38. The number of nitrogens with zero attached hydrogens (tertiary/aromatic N) is 3. The number of carbonyl (C=O) groups excluding carboxylic acids is 1. The minimum atomic E-state index is -4.73. The summed E-state index contributed by atoms with van der Waals surface area (Å²) in [7, 11) is 0. The van der Waals surface area contributed by atoms with E-state index < -0.39 is 28.8 Å². The number of halogens is 4. The van der Waals surface area contributed by atoms with E-state index in [0.29, 0.717) is 32.2 Å². The summed E-state index contributed by atoms with van der Waals surface area (Å²) < 4.78 is 40.4. The molecule has 0 bridgehead atoms. The normalized spacial score (nSPS) is 16.8. The number of carbonyl (C=O) groups is 1. The van der Waals surface area contributed by atoms with Crippen LogP contribution in [0.5, 0.6) is 0 Å². The Balaban J connectivity index is 1.60. The van der Waals surface area contributed by atoms with E-state index in [2.05, 4.69) is 26.1 Å². The van der Waals surface area contributed by atoms with E-state index in [-0.39, 0.29) is 12.2 Å². The molecule has 1 aliphatic rings. The minimum Gasteiger partial charge on any atom is -0.379 e. The highest BCUT2D eigenvalue weighted by Crippen LogP contribution is 2.33. The van der Waals surface area contributed by atoms with Crippen LogP contribution in [0.4, 0.5) is 24.5 Å². The molecule has 170 valence electrons. The van der Waals surface area contributed by atoms with Crippen LogP contribution in [0, 0.1) is 11.3 Å². The molecule has 0 aromatic heterocycles. The van der Waals surface area contributed by atoms with Crippen LogP contribution in [0.1, 0.15) is 18.1 Å². The van der Waals surface area contributed by atoms with Gasteiger partial charge in [-0.1, -0.05) is 15.9 Å². The third-order valence-electron chi connectivity index (χ3n) is 5.29. The van der Waals surface area contributed by atoms with Crippen molar-refractivity contribution in [1.29, 1.82) is 5.26 Å². The van der Waals surface area contributed by atoms with Crippen LogP contribution in [-0.2, 0) is 11.0 Å². The lowest BCUT2D eigenvalue weighted by molar-refractivity contribution is -0.138. The highest BCUT2D eigenvalue weighted by atomic mass is 79.9. The third kappa shape index (κ3) is 5.79. The topological polar surface area (TPSA) is 79.6 Å². The number of hydrogen-bond acceptors (Lipinski definition) is 5. The maximum absolute atomic E-state index is 13.1. The van der Waals surface area contributed by atoms with E-state index in [4.69, 9.17) is 5.26 Å². The van der Waals surface area contributed by atoms with Gasteiger partial charge in [-0.15, -0.1) is 0 Å². The number of amides is 1. The molecule has 1 aliphatic heterocycles. The lowest BCUT2D eigenvalue weighted by Crippen LogP contribution is -2.54. The maximum atomic E-state index is 13.1. The van der Waals surface area contributed by atoms with Gasteiger partial charge in [-0.3, -0.25) is 9.69 Å². The van der Waals surface area contributed by atoms with E-state index in [1.807, 2.05) is 29.2 Å². The number of hydrogen-bond donors (Lipinski definition) is 2. The second-order valence-corrected chi connectivity index (χ2v) is 8.75. The van der Waals surface area contributed by atoms with Gasteiger partial charge < -0.3 is 15.3 Å². The Hall–Kier alpha value is -2.61. The zero-order chi connectivity index (χ0) is 23.5. The molecule has 0 spiro atoms. The molecule has 1 atom stereocenters. The quantitative estimate of drug-likeness (QED) is 0.638. The van der Waals surface area contributed by atoms with Crippen molar-refractivity contribution in [3.8, 4) is 6.07 Å². The van der Waals surface area contributed by atoms with Gasteiger partial charge in [0.1, 0.15) is 0 Å². The summed E-state index contributed by atoms with van der Waals surface area (Å²) in [6, 6.07) is 12.3. The number of nitrogens with one attached hydrogen (secondary N) is 1. The Morgan fingerprint density at radius 3 is 2.34 bits per heavy atom. The number of piperazine rings is 1. The molecular weight excluding hydrogens is 489 g/mol. The summed E-state index contributed by atoms with van der Waals surface area (Å²) in [4.78, 5) is 16.7. The van der Waals surface area contributed by atoms with Gasteiger partial charge in [0.25, 0.3) is 5.91 Å². The SMILES string of the molecule is C[C@](O)(CN1CCN(c2ccc(Br)cc2)CC1)C(=O)Nc1ccc(C#N)c(C(F)(F)F)c1.